The van der Waals surface area contributed by atoms with Crippen molar-refractivity contribution < 1.29 is 19.0 Å². The van der Waals surface area contributed by atoms with E-state index in [0.29, 0.717) is 23.7 Å². The van der Waals surface area contributed by atoms with Crippen LogP contribution >= 0.6 is 0 Å². The second-order valence-corrected chi connectivity index (χ2v) is 4.82. The van der Waals surface area contributed by atoms with Crippen LogP contribution in [0.3, 0.4) is 0 Å². The Balaban J connectivity index is 2.48. The summed E-state index contributed by atoms with van der Waals surface area (Å²) in [5.41, 5.74) is 0.982. The average Bonchev–Trinajstić information content (AvgIpc) is 2.86. The first-order valence-electron chi connectivity index (χ1n) is 6.74. The number of methoxy groups -OCH3 is 3. The van der Waals surface area contributed by atoms with Crippen LogP contribution in [0, 0.1) is 0 Å². The van der Waals surface area contributed by atoms with Crippen molar-refractivity contribution in [3.63, 3.8) is 0 Å². The van der Waals surface area contributed by atoms with Gasteiger partial charge < -0.3 is 19.5 Å². The molecule has 1 aromatic carbocycles. The second-order valence-electron chi connectivity index (χ2n) is 4.82. The molecule has 1 amide bonds. The summed E-state index contributed by atoms with van der Waals surface area (Å²) in [6.07, 6.45) is 1.36. The molecule has 2 unspecified atom stereocenters. The van der Waals surface area contributed by atoms with E-state index in [0.717, 1.165) is 12.0 Å². The highest BCUT2D eigenvalue weighted by Crippen LogP contribution is 2.45. The highest BCUT2D eigenvalue weighted by molar-refractivity contribution is 5.80. The third kappa shape index (κ3) is 2.40. The lowest BCUT2D eigenvalue weighted by molar-refractivity contribution is -0.119. The van der Waals surface area contributed by atoms with Crippen LogP contribution in [0.4, 0.5) is 0 Å². The second kappa shape index (κ2) is 6.03. The fraction of sp³-hybridized carbons (Fsp3) is 0.533. The lowest BCUT2D eigenvalue weighted by Crippen LogP contribution is -2.27. The number of hydrogen-bond donors (Lipinski definition) is 1. The summed E-state index contributed by atoms with van der Waals surface area (Å²) in [5.74, 6) is 2.02. The van der Waals surface area contributed by atoms with Crippen molar-refractivity contribution in [2.24, 2.45) is 0 Å². The third-order valence-corrected chi connectivity index (χ3v) is 3.81. The monoisotopic (exact) mass is 279 g/mol. The highest BCUT2D eigenvalue weighted by atomic mass is 16.5. The molecule has 0 radical (unpaired) electrons. The average molecular weight is 279 g/mol. The van der Waals surface area contributed by atoms with Crippen molar-refractivity contribution in [2.45, 2.75) is 31.7 Å². The molecule has 0 saturated carbocycles. The highest BCUT2D eigenvalue weighted by Gasteiger charge is 2.35. The number of benzene rings is 1. The summed E-state index contributed by atoms with van der Waals surface area (Å²) < 4.78 is 16.2. The molecule has 1 fully saturated rings. The van der Waals surface area contributed by atoms with Crippen LogP contribution in [-0.4, -0.2) is 33.3 Å². The van der Waals surface area contributed by atoms with Crippen molar-refractivity contribution in [3.8, 4) is 17.2 Å². The number of amides is 1. The molecule has 20 heavy (non-hydrogen) atoms. The van der Waals surface area contributed by atoms with Crippen molar-refractivity contribution >= 4 is 5.91 Å². The molecular weight excluding hydrogens is 258 g/mol. The third-order valence-electron chi connectivity index (χ3n) is 3.81. The number of ether oxygens (including phenoxy) is 3. The quantitative estimate of drug-likeness (QED) is 0.896. The molecule has 5 heteroatoms. The van der Waals surface area contributed by atoms with Crippen LogP contribution in [0.15, 0.2) is 12.1 Å². The van der Waals surface area contributed by atoms with E-state index in [1.165, 1.54) is 0 Å². The van der Waals surface area contributed by atoms with Gasteiger partial charge in [0.05, 0.1) is 21.3 Å². The Morgan fingerprint density at radius 2 is 1.85 bits per heavy atom. The Morgan fingerprint density at radius 1 is 1.15 bits per heavy atom. The Hall–Kier alpha value is -1.91. The fourth-order valence-electron chi connectivity index (χ4n) is 2.84. The van der Waals surface area contributed by atoms with Gasteiger partial charge in [0.25, 0.3) is 0 Å². The molecule has 5 nitrogen and oxygen atoms in total. The van der Waals surface area contributed by atoms with Crippen LogP contribution in [0.25, 0.3) is 0 Å². The van der Waals surface area contributed by atoms with E-state index in [9.17, 15) is 4.79 Å². The maximum atomic E-state index is 11.7. The first kappa shape index (κ1) is 14.5. The van der Waals surface area contributed by atoms with Gasteiger partial charge in [-0.25, -0.2) is 0 Å². The minimum atomic E-state index is 0.0821. The molecule has 0 aliphatic carbocycles. The number of carbonyl (C=O) groups is 1. The van der Waals surface area contributed by atoms with Gasteiger partial charge in [-0.15, -0.1) is 0 Å². The van der Waals surface area contributed by atoms with Crippen LogP contribution in [0.1, 0.15) is 31.2 Å². The van der Waals surface area contributed by atoms with Gasteiger partial charge in [-0.3, -0.25) is 4.79 Å². The molecule has 1 saturated heterocycles. The minimum Gasteiger partial charge on any atom is -0.493 e. The van der Waals surface area contributed by atoms with Crippen LogP contribution in [-0.2, 0) is 4.79 Å². The Bertz CT molecular complexity index is 501. The van der Waals surface area contributed by atoms with Gasteiger partial charge in [-0.05, 0) is 12.5 Å². The van der Waals surface area contributed by atoms with E-state index in [-0.39, 0.29) is 17.9 Å². The summed E-state index contributed by atoms with van der Waals surface area (Å²) >= 11 is 0. The maximum Gasteiger partial charge on any atom is 0.220 e. The summed E-state index contributed by atoms with van der Waals surface area (Å²) in [6.45, 7) is 2.07. The van der Waals surface area contributed by atoms with Crippen molar-refractivity contribution in [2.75, 3.05) is 21.3 Å². The van der Waals surface area contributed by atoms with E-state index >= 15 is 0 Å². The van der Waals surface area contributed by atoms with Gasteiger partial charge in [0.2, 0.25) is 11.7 Å². The molecule has 1 aromatic rings. The summed E-state index contributed by atoms with van der Waals surface area (Å²) in [6, 6.07) is 3.94. The van der Waals surface area contributed by atoms with Gasteiger partial charge in [0.1, 0.15) is 0 Å². The minimum absolute atomic E-state index is 0.0821. The Kier molecular flexibility index (Phi) is 4.37. The number of rotatable bonds is 5. The maximum absolute atomic E-state index is 11.7. The molecule has 1 heterocycles. The van der Waals surface area contributed by atoms with Crippen LogP contribution in [0.5, 0.6) is 17.2 Å². The van der Waals surface area contributed by atoms with E-state index in [1.54, 1.807) is 21.3 Å². The van der Waals surface area contributed by atoms with Gasteiger partial charge in [-0.1, -0.05) is 13.0 Å². The zero-order chi connectivity index (χ0) is 14.7. The predicted octanol–water partition coefficient (Wildman–Crippen LogP) is 2.09. The molecule has 0 spiro atoms. The molecule has 2 atom stereocenters. The normalized spacial score (nSPS) is 21.5. The fourth-order valence-corrected chi connectivity index (χ4v) is 2.84. The number of carbonyl (C=O) groups excluding carboxylic acids is 1. The molecule has 1 N–H and O–H groups in total. The SMILES string of the molecule is CCC1NC(=O)CC1c1ccc(OC)c(OC)c1OC. The topological polar surface area (TPSA) is 56.8 Å². The zero-order valence-electron chi connectivity index (χ0n) is 12.4. The van der Waals surface area contributed by atoms with E-state index in [1.807, 2.05) is 12.1 Å². The summed E-state index contributed by atoms with van der Waals surface area (Å²) in [5, 5.41) is 3.00. The van der Waals surface area contributed by atoms with E-state index in [2.05, 4.69) is 12.2 Å². The molecule has 0 aromatic heterocycles. The number of hydrogen-bond acceptors (Lipinski definition) is 4. The van der Waals surface area contributed by atoms with Crippen molar-refractivity contribution in [1.82, 2.24) is 5.32 Å². The largest absolute Gasteiger partial charge is 0.493 e. The van der Waals surface area contributed by atoms with Gasteiger partial charge in [0, 0.05) is 23.9 Å². The van der Waals surface area contributed by atoms with E-state index < -0.39 is 0 Å². The molecule has 2 rings (SSSR count). The Morgan fingerprint density at radius 3 is 2.40 bits per heavy atom. The molecule has 110 valence electrons. The summed E-state index contributed by atoms with van der Waals surface area (Å²) in [4.78, 5) is 11.7. The van der Waals surface area contributed by atoms with Crippen molar-refractivity contribution in [1.29, 1.82) is 0 Å². The molecule has 1 aliphatic heterocycles. The number of nitrogens with one attached hydrogen (secondary N) is 1. The first-order chi connectivity index (χ1) is 9.65. The Labute approximate surface area is 119 Å². The van der Waals surface area contributed by atoms with Gasteiger partial charge in [0.15, 0.2) is 11.5 Å². The lowest BCUT2D eigenvalue weighted by atomic mass is 9.89. The molecular formula is C15H21NO4. The smallest absolute Gasteiger partial charge is 0.220 e. The lowest BCUT2D eigenvalue weighted by Gasteiger charge is -2.22. The van der Waals surface area contributed by atoms with Crippen LogP contribution < -0.4 is 19.5 Å². The summed E-state index contributed by atoms with van der Waals surface area (Å²) in [7, 11) is 4.78. The van der Waals surface area contributed by atoms with Gasteiger partial charge in [-0.2, -0.15) is 0 Å². The standard InChI is InChI=1S/C15H21NO4/c1-5-11-10(8-13(17)16-11)9-6-7-12(18-2)15(20-4)14(9)19-3/h6-7,10-11H,5,8H2,1-4H3,(H,16,17). The molecule has 1 aliphatic rings. The first-order valence-corrected chi connectivity index (χ1v) is 6.74. The van der Waals surface area contributed by atoms with Crippen LogP contribution in [0.2, 0.25) is 0 Å². The van der Waals surface area contributed by atoms with E-state index in [4.69, 9.17) is 14.2 Å². The zero-order valence-corrected chi connectivity index (χ0v) is 12.4. The molecule has 0 bridgehead atoms. The van der Waals surface area contributed by atoms with Crippen molar-refractivity contribution in [3.05, 3.63) is 17.7 Å². The predicted molar refractivity (Wildman–Crippen MR) is 75.7 cm³/mol. The van der Waals surface area contributed by atoms with Gasteiger partial charge >= 0.3 is 0 Å².